The number of rotatable bonds is 12. The van der Waals surface area contributed by atoms with Gasteiger partial charge in [0.25, 0.3) is 0 Å². The summed E-state index contributed by atoms with van der Waals surface area (Å²) in [5.74, 6) is -1.90. The Morgan fingerprint density at radius 2 is 1.40 bits per heavy atom. The molecule has 0 rings (SSSR count). The molecule has 0 aromatic heterocycles. The van der Waals surface area contributed by atoms with E-state index < -0.39 is 33.7 Å². The van der Waals surface area contributed by atoms with Crippen molar-refractivity contribution in [2.45, 2.75) is 65.0 Å². The molecule has 7 nitrogen and oxygen atoms in total. The minimum atomic E-state index is -4.99. The maximum Gasteiger partial charge on any atom is 1.00 e. The first-order valence-corrected chi connectivity index (χ1v) is 9.85. The third kappa shape index (κ3) is 12.8. The molecule has 25 heavy (non-hydrogen) atoms. The Hall–Kier alpha value is -0.150. The fourth-order valence-electron chi connectivity index (χ4n) is 2.22. The van der Waals surface area contributed by atoms with E-state index in [1.165, 1.54) is 0 Å². The van der Waals surface area contributed by atoms with Gasteiger partial charge in [0.1, 0.15) is 10.1 Å². The van der Waals surface area contributed by atoms with E-state index in [0.29, 0.717) is 0 Å². The standard InChI is InChI=1S/C16H30O7S.Na/c1-5-7-12(3)10-22-15(17)9-14(24(19,20)21)16(18)23-11-13(4)8-6-2;/h12-14H,5-11H2,1-4H3,(H,19,20,21);/q;+1/p-1. The second-order valence-electron chi connectivity index (χ2n) is 6.29. The summed E-state index contributed by atoms with van der Waals surface area (Å²) < 4.78 is 43.6. The first-order valence-electron chi connectivity index (χ1n) is 8.38. The molecule has 0 aromatic rings. The van der Waals surface area contributed by atoms with Crippen LogP contribution in [-0.2, 0) is 29.2 Å². The summed E-state index contributed by atoms with van der Waals surface area (Å²) in [6, 6.07) is 0. The van der Waals surface area contributed by atoms with Gasteiger partial charge in [-0.3, -0.25) is 9.59 Å². The zero-order chi connectivity index (χ0) is 18.8. The molecule has 0 aromatic carbocycles. The van der Waals surface area contributed by atoms with Crippen LogP contribution >= 0.6 is 0 Å². The van der Waals surface area contributed by atoms with Gasteiger partial charge in [0.15, 0.2) is 5.25 Å². The van der Waals surface area contributed by atoms with Gasteiger partial charge in [-0.2, -0.15) is 0 Å². The van der Waals surface area contributed by atoms with Crippen molar-refractivity contribution >= 4 is 22.1 Å². The Morgan fingerprint density at radius 1 is 0.960 bits per heavy atom. The number of hydrogen-bond donors (Lipinski definition) is 0. The summed E-state index contributed by atoms with van der Waals surface area (Å²) in [4.78, 5) is 23.6. The third-order valence-corrected chi connectivity index (χ3v) is 4.62. The monoisotopic (exact) mass is 388 g/mol. The Kier molecular flexibility index (Phi) is 15.1. The Balaban J connectivity index is 0. The second-order valence-corrected chi connectivity index (χ2v) is 7.84. The number of esters is 2. The minimum Gasteiger partial charge on any atom is -0.747 e. The van der Waals surface area contributed by atoms with Crippen molar-refractivity contribution in [3.63, 3.8) is 0 Å². The van der Waals surface area contributed by atoms with Crippen LogP contribution in [0.4, 0.5) is 0 Å². The summed E-state index contributed by atoms with van der Waals surface area (Å²) in [6.45, 7) is 7.84. The number of ether oxygens (including phenoxy) is 2. The quantitative estimate of drug-likeness (QED) is 0.246. The molecule has 3 atom stereocenters. The molecular weight excluding hydrogens is 359 g/mol. The summed E-state index contributed by atoms with van der Waals surface area (Å²) >= 11 is 0. The van der Waals surface area contributed by atoms with Crippen LogP contribution in [0, 0.1) is 11.8 Å². The SMILES string of the molecule is CCCC(C)COC(=O)CC(C(=O)OCC(C)CCC)S(=O)(=O)[O-].[Na+]. The summed E-state index contributed by atoms with van der Waals surface area (Å²) in [7, 11) is -4.99. The molecule has 0 aliphatic rings. The van der Waals surface area contributed by atoms with E-state index in [1.54, 1.807) is 0 Å². The smallest absolute Gasteiger partial charge is 0.747 e. The summed E-state index contributed by atoms with van der Waals surface area (Å²) in [5, 5.41) is -2.06. The Labute approximate surface area is 173 Å². The van der Waals surface area contributed by atoms with Crippen molar-refractivity contribution in [2.24, 2.45) is 11.8 Å². The van der Waals surface area contributed by atoms with Crippen molar-refractivity contribution in [1.82, 2.24) is 0 Å². The molecule has 0 aliphatic heterocycles. The minimum absolute atomic E-state index is 0. The Morgan fingerprint density at radius 3 is 1.80 bits per heavy atom. The number of hydrogen-bond acceptors (Lipinski definition) is 7. The van der Waals surface area contributed by atoms with Crippen LogP contribution in [0.15, 0.2) is 0 Å². The molecule has 0 fully saturated rings. The van der Waals surface area contributed by atoms with Crippen LogP contribution in [0.25, 0.3) is 0 Å². The van der Waals surface area contributed by atoms with Crippen LogP contribution in [0.3, 0.4) is 0 Å². The van der Waals surface area contributed by atoms with Crippen LogP contribution < -0.4 is 29.6 Å². The molecule has 9 heteroatoms. The first kappa shape index (κ1) is 27.1. The molecule has 0 saturated carbocycles. The summed E-state index contributed by atoms with van der Waals surface area (Å²) in [5.41, 5.74) is 0. The average Bonchev–Trinajstić information content (AvgIpc) is 2.47. The van der Waals surface area contributed by atoms with E-state index in [4.69, 9.17) is 9.47 Å². The van der Waals surface area contributed by atoms with Gasteiger partial charge in [0, 0.05) is 0 Å². The van der Waals surface area contributed by atoms with Gasteiger partial charge in [-0.1, -0.05) is 40.5 Å². The van der Waals surface area contributed by atoms with Crippen LogP contribution in [0.5, 0.6) is 0 Å². The van der Waals surface area contributed by atoms with E-state index in [-0.39, 0.29) is 54.6 Å². The predicted molar refractivity (Wildman–Crippen MR) is 88.2 cm³/mol. The van der Waals surface area contributed by atoms with E-state index in [9.17, 15) is 22.6 Å². The van der Waals surface area contributed by atoms with E-state index in [1.807, 2.05) is 27.7 Å². The molecule has 0 aliphatic carbocycles. The molecule has 0 heterocycles. The van der Waals surface area contributed by atoms with Gasteiger partial charge < -0.3 is 14.0 Å². The van der Waals surface area contributed by atoms with E-state index >= 15 is 0 Å². The van der Waals surface area contributed by atoms with Crippen LogP contribution in [0.2, 0.25) is 0 Å². The van der Waals surface area contributed by atoms with Crippen molar-refractivity contribution in [2.75, 3.05) is 13.2 Å². The number of carbonyl (C=O) groups excluding carboxylic acids is 2. The summed E-state index contributed by atoms with van der Waals surface area (Å²) in [6.07, 6.45) is 2.67. The van der Waals surface area contributed by atoms with Crippen LogP contribution in [0.1, 0.15) is 59.8 Å². The van der Waals surface area contributed by atoms with Crippen LogP contribution in [-0.4, -0.2) is 43.4 Å². The molecule has 3 unspecified atom stereocenters. The topological polar surface area (TPSA) is 110 Å². The maximum atomic E-state index is 11.9. The number of carbonyl (C=O) groups is 2. The average molecular weight is 388 g/mol. The third-order valence-electron chi connectivity index (χ3n) is 3.57. The van der Waals surface area contributed by atoms with Crippen molar-refractivity contribution in [3.05, 3.63) is 0 Å². The van der Waals surface area contributed by atoms with Gasteiger partial charge in [0.2, 0.25) is 0 Å². The largest absolute Gasteiger partial charge is 1.00 e. The van der Waals surface area contributed by atoms with Gasteiger partial charge in [-0.25, -0.2) is 8.42 Å². The Bertz CT molecular complexity index is 493. The molecule has 142 valence electrons. The fraction of sp³-hybridized carbons (Fsp3) is 0.875. The molecule has 0 spiro atoms. The van der Waals surface area contributed by atoms with Gasteiger partial charge in [-0.05, 0) is 24.7 Å². The van der Waals surface area contributed by atoms with Gasteiger partial charge in [0.05, 0.1) is 19.6 Å². The normalized spacial score (nSPS) is 14.8. The zero-order valence-corrected chi connectivity index (χ0v) is 18.8. The molecule has 0 amide bonds. The van der Waals surface area contributed by atoms with E-state index in [2.05, 4.69) is 0 Å². The van der Waals surface area contributed by atoms with Gasteiger partial charge >= 0.3 is 41.5 Å². The van der Waals surface area contributed by atoms with Crippen molar-refractivity contribution in [3.8, 4) is 0 Å². The van der Waals surface area contributed by atoms with Crippen molar-refractivity contribution in [1.29, 1.82) is 0 Å². The molecule has 0 bridgehead atoms. The van der Waals surface area contributed by atoms with E-state index in [0.717, 1.165) is 25.7 Å². The molecular formula is C16H29NaO7S. The molecule has 0 saturated heterocycles. The second kappa shape index (κ2) is 14.0. The molecule has 0 N–H and O–H groups in total. The zero-order valence-electron chi connectivity index (χ0n) is 15.9. The fourth-order valence-corrected chi connectivity index (χ4v) is 2.86. The predicted octanol–water partition coefficient (Wildman–Crippen LogP) is -0.747. The van der Waals surface area contributed by atoms with Gasteiger partial charge in [-0.15, -0.1) is 0 Å². The molecule has 0 radical (unpaired) electrons. The maximum absolute atomic E-state index is 11.9. The van der Waals surface area contributed by atoms with Crippen molar-refractivity contribution < 1.29 is 61.6 Å². The first-order chi connectivity index (χ1) is 11.1.